The van der Waals surface area contributed by atoms with Crippen molar-refractivity contribution in [3.63, 3.8) is 0 Å². The fraction of sp³-hybridized carbons (Fsp3) is 0.375. The molecule has 5 nitrogen and oxygen atoms in total. The fourth-order valence-corrected chi connectivity index (χ4v) is 3.97. The molecule has 2 rings (SSSR count). The van der Waals surface area contributed by atoms with Crippen molar-refractivity contribution in [2.24, 2.45) is 0 Å². The molecular formula is C16H18O5S3. The van der Waals surface area contributed by atoms with Crippen molar-refractivity contribution < 1.29 is 22.7 Å². The fourth-order valence-electron chi connectivity index (χ4n) is 2.16. The molecule has 0 saturated carbocycles. The number of thioether (sulfide) groups is 1. The summed E-state index contributed by atoms with van der Waals surface area (Å²) in [6.07, 6.45) is 4.36. The Labute approximate surface area is 151 Å². The van der Waals surface area contributed by atoms with Gasteiger partial charge in [-0.05, 0) is 49.8 Å². The van der Waals surface area contributed by atoms with Gasteiger partial charge in [-0.1, -0.05) is 23.9 Å². The third-order valence-corrected chi connectivity index (χ3v) is 5.69. The molecule has 24 heavy (non-hydrogen) atoms. The minimum Gasteiger partial charge on any atom is -0.466 e. The van der Waals surface area contributed by atoms with E-state index in [2.05, 4.69) is 0 Å². The normalized spacial score (nSPS) is 17.2. The standard InChI is InChI=1S/C16H18O5S3/c1-4-20-15(17)10(2)23-16(22)21-14-8-6-11-5-7-12(9-13(11)14)24(3,18)19/h5-10,14H,4H2,1-3H3. The van der Waals surface area contributed by atoms with Crippen LogP contribution in [-0.2, 0) is 24.1 Å². The van der Waals surface area contributed by atoms with Crippen LogP contribution in [0, 0.1) is 0 Å². The van der Waals surface area contributed by atoms with Gasteiger partial charge in [0, 0.05) is 11.8 Å². The molecule has 0 amide bonds. The molecule has 0 fully saturated rings. The second kappa shape index (κ2) is 7.67. The van der Waals surface area contributed by atoms with E-state index in [4.69, 9.17) is 21.7 Å². The molecule has 8 heteroatoms. The summed E-state index contributed by atoms with van der Waals surface area (Å²) in [5.41, 5.74) is 1.63. The summed E-state index contributed by atoms with van der Waals surface area (Å²) < 4.78 is 34.3. The van der Waals surface area contributed by atoms with Crippen LogP contribution in [0.15, 0.2) is 29.2 Å². The van der Waals surface area contributed by atoms with Gasteiger partial charge in [0.15, 0.2) is 9.84 Å². The maximum atomic E-state index is 11.7. The molecule has 2 atom stereocenters. The van der Waals surface area contributed by atoms with Crippen LogP contribution >= 0.6 is 24.0 Å². The Bertz CT molecular complexity index is 783. The number of benzene rings is 1. The molecule has 0 saturated heterocycles. The lowest BCUT2D eigenvalue weighted by Crippen LogP contribution is -2.19. The topological polar surface area (TPSA) is 69.7 Å². The summed E-state index contributed by atoms with van der Waals surface area (Å²) in [7, 11) is -3.30. The SMILES string of the molecule is CCOC(=O)C(C)SC(=S)OC1C=Cc2ccc(S(C)(=O)=O)cc21. The Morgan fingerprint density at radius 1 is 1.42 bits per heavy atom. The molecule has 2 unspecified atom stereocenters. The van der Waals surface area contributed by atoms with Gasteiger partial charge < -0.3 is 9.47 Å². The minimum absolute atomic E-state index is 0.211. The summed E-state index contributed by atoms with van der Waals surface area (Å²) in [6, 6.07) is 4.90. The summed E-state index contributed by atoms with van der Waals surface area (Å²) in [5, 5.41) is -0.468. The predicted octanol–water partition coefficient (Wildman–Crippen LogP) is 3.14. The average molecular weight is 387 g/mol. The lowest BCUT2D eigenvalue weighted by Gasteiger charge is -2.17. The number of fused-ring (bicyclic) bond motifs is 1. The van der Waals surface area contributed by atoms with Gasteiger partial charge in [0.2, 0.25) is 4.38 Å². The third-order valence-electron chi connectivity index (χ3n) is 3.36. The summed E-state index contributed by atoms with van der Waals surface area (Å²) in [4.78, 5) is 11.9. The highest BCUT2D eigenvalue weighted by molar-refractivity contribution is 8.23. The quantitative estimate of drug-likeness (QED) is 0.569. The van der Waals surface area contributed by atoms with Crippen LogP contribution in [-0.4, -0.2) is 36.9 Å². The van der Waals surface area contributed by atoms with E-state index in [-0.39, 0.29) is 15.2 Å². The van der Waals surface area contributed by atoms with E-state index < -0.39 is 21.2 Å². The Morgan fingerprint density at radius 2 is 2.12 bits per heavy atom. The van der Waals surface area contributed by atoms with Gasteiger partial charge in [-0.25, -0.2) is 8.42 Å². The minimum atomic E-state index is -3.30. The highest BCUT2D eigenvalue weighted by Crippen LogP contribution is 2.34. The van der Waals surface area contributed by atoms with E-state index in [9.17, 15) is 13.2 Å². The average Bonchev–Trinajstić information content (AvgIpc) is 2.88. The number of rotatable bonds is 5. The summed E-state index contributed by atoms with van der Waals surface area (Å²) >= 11 is 6.29. The highest BCUT2D eigenvalue weighted by Gasteiger charge is 2.24. The smallest absolute Gasteiger partial charge is 0.319 e. The monoisotopic (exact) mass is 386 g/mol. The number of thiocarbonyl (C=S) groups is 1. The van der Waals surface area contributed by atoms with E-state index in [0.29, 0.717) is 6.61 Å². The molecule has 0 aromatic heterocycles. The molecule has 1 aromatic carbocycles. The molecule has 0 spiro atoms. The van der Waals surface area contributed by atoms with Crippen molar-refractivity contribution in [2.75, 3.05) is 12.9 Å². The molecule has 0 radical (unpaired) electrons. The third kappa shape index (κ3) is 4.58. The maximum absolute atomic E-state index is 11.7. The Kier molecular flexibility index (Phi) is 6.06. The highest BCUT2D eigenvalue weighted by atomic mass is 32.2. The number of carbonyl (C=O) groups excluding carboxylic acids is 1. The lowest BCUT2D eigenvalue weighted by molar-refractivity contribution is -0.142. The van der Waals surface area contributed by atoms with E-state index in [1.165, 1.54) is 0 Å². The zero-order chi connectivity index (χ0) is 17.9. The van der Waals surface area contributed by atoms with Crippen LogP contribution in [0.1, 0.15) is 31.1 Å². The van der Waals surface area contributed by atoms with Crippen molar-refractivity contribution in [1.29, 1.82) is 0 Å². The van der Waals surface area contributed by atoms with Gasteiger partial charge in [0.1, 0.15) is 11.4 Å². The molecule has 130 valence electrons. The van der Waals surface area contributed by atoms with Gasteiger partial charge in [-0.15, -0.1) is 0 Å². The van der Waals surface area contributed by atoms with Crippen LogP contribution in [0.2, 0.25) is 0 Å². The summed E-state index contributed by atoms with van der Waals surface area (Å²) in [5.74, 6) is -0.352. The number of esters is 1. The van der Waals surface area contributed by atoms with E-state index in [0.717, 1.165) is 29.1 Å². The van der Waals surface area contributed by atoms with Gasteiger partial charge >= 0.3 is 5.97 Å². The number of sulfone groups is 1. The van der Waals surface area contributed by atoms with Crippen molar-refractivity contribution in [2.45, 2.75) is 30.1 Å². The zero-order valence-corrected chi connectivity index (χ0v) is 16.0. The van der Waals surface area contributed by atoms with Gasteiger partial charge in [-0.3, -0.25) is 4.79 Å². The van der Waals surface area contributed by atoms with Crippen LogP contribution in [0.25, 0.3) is 6.08 Å². The first-order chi connectivity index (χ1) is 11.2. The molecule has 0 heterocycles. The van der Waals surface area contributed by atoms with Crippen LogP contribution in [0.4, 0.5) is 0 Å². The first-order valence-electron chi connectivity index (χ1n) is 7.28. The molecule has 0 N–H and O–H groups in total. The first kappa shape index (κ1) is 19.0. The molecule has 0 aliphatic heterocycles. The molecule has 1 aromatic rings. The molecule has 0 bridgehead atoms. The molecule has 1 aliphatic carbocycles. The Morgan fingerprint density at radius 3 is 2.75 bits per heavy atom. The number of hydrogen-bond acceptors (Lipinski definition) is 7. The van der Waals surface area contributed by atoms with Crippen LogP contribution < -0.4 is 0 Å². The maximum Gasteiger partial charge on any atom is 0.319 e. The Hall–Kier alpha value is -1.38. The first-order valence-corrected chi connectivity index (χ1v) is 10.5. The van der Waals surface area contributed by atoms with E-state index in [1.54, 1.807) is 38.1 Å². The largest absolute Gasteiger partial charge is 0.466 e. The van der Waals surface area contributed by atoms with Crippen molar-refractivity contribution in [3.8, 4) is 0 Å². The predicted molar refractivity (Wildman–Crippen MR) is 98.7 cm³/mol. The van der Waals surface area contributed by atoms with E-state index in [1.807, 2.05) is 6.08 Å². The number of carbonyl (C=O) groups is 1. The van der Waals surface area contributed by atoms with Crippen molar-refractivity contribution in [3.05, 3.63) is 35.4 Å². The van der Waals surface area contributed by atoms with Gasteiger partial charge in [-0.2, -0.15) is 0 Å². The van der Waals surface area contributed by atoms with E-state index >= 15 is 0 Å². The van der Waals surface area contributed by atoms with Crippen LogP contribution in [0.5, 0.6) is 0 Å². The molecule has 1 aliphatic rings. The second-order valence-corrected chi connectivity index (χ2v) is 9.18. The number of hydrogen-bond donors (Lipinski definition) is 0. The summed E-state index contributed by atoms with van der Waals surface area (Å²) in [6.45, 7) is 3.74. The van der Waals surface area contributed by atoms with Crippen molar-refractivity contribution in [1.82, 2.24) is 0 Å². The zero-order valence-electron chi connectivity index (χ0n) is 13.5. The lowest BCUT2D eigenvalue weighted by atomic mass is 10.1. The molecular weight excluding hydrogens is 368 g/mol. The van der Waals surface area contributed by atoms with Crippen LogP contribution in [0.3, 0.4) is 0 Å². The second-order valence-electron chi connectivity index (χ2n) is 5.22. The van der Waals surface area contributed by atoms with Gasteiger partial charge in [0.05, 0.1) is 11.5 Å². The number of ether oxygens (including phenoxy) is 2. The van der Waals surface area contributed by atoms with Gasteiger partial charge in [0.25, 0.3) is 0 Å². The Balaban J connectivity index is 2.07. The van der Waals surface area contributed by atoms with Crippen molar-refractivity contribution >= 4 is 50.2 Å².